The van der Waals surface area contributed by atoms with Gasteiger partial charge in [0.15, 0.2) is 0 Å². The maximum atomic E-state index is 13.5. The Labute approximate surface area is 198 Å². The van der Waals surface area contributed by atoms with E-state index in [1.807, 2.05) is 47.9 Å². The van der Waals surface area contributed by atoms with E-state index in [1.165, 1.54) is 24.3 Å². The third-order valence-electron chi connectivity index (χ3n) is 5.64. The molecule has 1 amide bonds. The Balaban J connectivity index is 1.72. The van der Waals surface area contributed by atoms with Crippen molar-refractivity contribution in [3.63, 3.8) is 0 Å². The molecule has 2 heterocycles. The van der Waals surface area contributed by atoms with Gasteiger partial charge in [-0.2, -0.15) is 4.98 Å². The number of aryl methyl sites for hydroxylation is 1. The first-order valence-corrected chi connectivity index (χ1v) is 12.8. The molecule has 0 atom stereocenters. The number of amides is 1. The van der Waals surface area contributed by atoms with Gasteiger partial charge >= 0.3 is 0 Å². The van der Waals surface area contributed by atoms with E-state index in [9.17, 15) is 13.2 Å². The summed E-state index contributed by atoms with van der Waals surface area (Å²) in [4.78, 5) is 20.4. The molecule has 0 unspecified atom stereocenters. The molecule has 7 nitrogen and oxygen atoms in total. The van der Waals surface area contributed by atoms with E-state index in [-0.39, 0.29) is 27.6 Å². The zero-order valence-corrected chi connectivity index (χ0v) is 20.2. The molecule has 0 saturated carbocycles. The highest BCUT2D eigenvalue weighted by Crippen LogP contribution is 2.35. The fraction of sp³-hybridized carbons (Fsp3) is 0.333. The number of oxazole rings is 1. The van der Waals surface area contributed by atoms with Crippen LogP contribution in [-0.2, 0) is 14.6 Å². The molecule has 33 heavy (non-hydrogen) atoms. The minimum atomic E-state index is -3.96. The predicted molar refractivity (Wildman–Crippen MR) is 127 cm³/mol. The first-order valence-electron chi connectivity index (χ1n) is 10.9. The Morgan fingerprint density at radius 2 is 1.67 bits per heavy atom. The fourth-order valence-corrected chi connectivity index (χ4v) is 5.20. The van der Waals surface area contributed by atoms with Crippen LogP contribution in [0.3, 0.4) is 0 Å². The number of carbonyl (C=O) groups is 1. The highest BCUT2D eigenvalue weighted by molar-refractivity contribution is 7.91. The van der Waals surface area contributed by atoms with Crippen molar-refractivity contribution in [1.29, 1.82) is 0 Å². The number of rotatable bonds is 6. The van der Waals surface area contributed by atoms with E-state index in [0.29, 0.717) is 43.2 Å². The summed E-state index contributed by atoms with van der Waals surface area (Å²) < 4.78 is 33.1. The summed E-state index contributed by atoms with van der Waals surface area (Å²) in [6, 6.07) is 13.5. The molecule has 1 aromatic heterocycles. The maximum Gasteiger partial charge on any atom is 0.236 e. The van der Waals surface area contributed by atoms with E-state index in [4.69, 9.17) is 16.0 Å². The van der Waals surface area contributed by atoms with Crippen molar-refractivity contribution in [2.45, 2.75) is 36.6 Å². The average molecular weight is 488 g/mol. The highest BCUT2D eigenvalue weighted by Gasteiger charge is 2.33. The lowest BCUT2D eigenvalue weighted by Crippen LogP contribution is -2.48. The van der Waals surface area contributed by atoms with E-state index in [1.54, 1.807) is 0 Å². The summed E-state index contributed by atoms with van der Waals surface area (Å²) in [7, 11) is -3.96. The zero-order chi connectivity index (χ0) is 23.6. The smallest absolute Gasteiger partial charge is 0.236 e. The lowest BCUT2D eigenvalue weighted by atomic mass is 10.1. The summed E-state index contributed by atoms with van der Waals surface area (Å²) in [5.41, 5.74) is 1.77. The summed E-state index contributed by atoms with van der Waals surface area (Å²) in [5.74, 6) is 0.550. The molecule has 4 rings (SSSR count). The number of halogens is 1. The third-order valence-corrected chi connectivity index (χ3v) is 7.56. The largest absolute Gasteiger partial charge is 0.419 e. The van der Waals surface area contributed by atoms with Crippen molar-refractivity contribution in [2.24, 2.45) is 0 Å². The molecule has 174 valence electrons. The van der Waals surface area contributed by atoms with Crippen LogP contribution in [0.4, 0.5) is 5.88 Å². The van der Waals surface area contributed by atoms with Gasteiger partial charge in [-0.1, -0.05) is 36.2 Å². The summed E-state index contributed by atoms with van der Waals surface area (Å²) in [5, 5.41) is 0.316. The normalized spacial score (nSPS) is 14.5. The second kappa shape index (κ2) is 9.57. The molecule has 2 aromatic carbocycles. The van der Waals surface area contributed by atoms with E-state index in [0.717, 1.165) is 12.0 Å². The van der Waals surface area contributed by atoms with Crippen molar-refractivity contribution in [3.05, 3.63) is 59.1 Å². The van der Waals surface area contributed by atoms with E-state index < -0.39 is 9.84 Å². The van der Waals surface area contributed by atoms with Gasteiger partial charge in [0.25, 0.3) is 0 Å². The second-order valence-electron chi connectivity index (χ2n) is 8.07. The Morgan fingerprint density at radius 3 is 2.27 bits per heavy atom. The Kier molecular flexibility index (Phi) is 6.76. The molecule has 3 aromatic rings. The standard InChI is InChI=1S/C24H26ClN3O4S/c1-3-4-21(29)27-13-15-28(16-14-27)24-23(33(30,31)20-11-9-19(25)10-12-20)26-22(32-24)18-7-5-17(2)6-8-18/h5-12H,3-4,13-16H2,1-2H3. The maximum absolute atomic E-state index is 13.5. The predicted octanol–water partition coefficient (Wildman–Crippen LogP) is 4.58. The summed E-state index contributed by atoms with van der Waals surface area (Å²) in [6.07, 6.45) is 1.31. The molecule has 1 fully saturated rings. The first kappa shape index (κ1) is 23.3. The van der Waals surface area contributed by atoms with Crippen molar-refractivity contribution in [1.82, 2.24) is 9.88 Å². The number of nitrogens with zero attached hydrogens (tertiary/aromatic N) is 3. The number of piperazine rings is 1. The van der Waals surface area contributed by atoms with Crippen molar-refractivity contribution in [3.8, 4) is 11.5 Å². The fourth-order valence-electron chi connectivity index (χ4n) is 3.75. The molecular formula is C24H26ClN3O4S. The molecule has 9 heteroatoms. The van der Waals surface area contributed by atoms with Gasteiger partial charge in [0.2, 0.25) is 32.5 Å². The molecule has 0 N–H and O–H groups in total. The quantitative estimate of drug-likeness (QED) is 0.506. The Hall–Kier alpha value is -2.84. The molecule has 0 radical (unpaired) electrons. The first-order chi connectivity index (χ1) is 15.8. The molecule has 0 bridgehead atoms. The van der Waals surface area contributed by atoms with Crippen LogP contribution in [0.15, 0.2) is 62.9 Å². The molecule has 0 spiro atoms. The van der Waals surface area contributed by atoms with Crippen molar-refractivity contribution < 1.29 is 17.6 Å². The number of carbonyl (C=O) groups excluding carboxylic acids is 1. The van der Waals surface area contributed by atoms with Crippen LogP contribution in [0.1, 0.15) is 25.3 Å². The van der Waals surface area contributed by atoms with E-state index >= 15 is 0 Å². The minimum Gasteiger partial charge on any atom is -0.419 e. The van der Waals surface area contributed by atoms with Gasteiger partial charge in [0.1, 0.15) is 0 Å². The van der Waals surface area contributed by atoms with Crippen LogP contribution in [0.2, 0.25) is 5.02 Å². The van der Waals surface area contributed by atoms with Crippen LogP contribution in [0, 0.1) is 6.92 Å². The minimum absolute atomic E-state index is 0.0914. The van der Waals surface area contributed by atoms with Crippen LogP contribution in [0.5, 0.6) is 0 Å². The molecular weight excluding hydrogens is 462 g/mol. The SMILES string of the molecule is CCCC(=O)N1CCN(c2oc(-c3ccc(C)cc3)nc2S(=O)(=O)c2ccc(Cl)cc2)CC1. The Bertz CT molecular complexity index is 1230. The number of hydrogen-bond donors (Lipinski definition) is 0. The van der Waals surface area contributed by atoms with Crippen molar-refractivity contribution in [2.75, 3.05) is 31.1 Å². The van der Waals surface area contributed by atoms with Gasteiger partial charge < -0.3 is 14.2 Å². The zero-order valence-electron chi connectivity index (χ0n) is 18.6. The molecule has 0 aliphatic carbocycles. The van der Waals surface area contributed by atoms with Crippen LogP contribution in [0.25, 0.3) is 11.5 Å². The lowest BCUT2D eigenvalue weighted by Gasteiger charge is -2.34. The van der Waals surface area contributed by atoms with Gasteiger partial charge in [-0.05, 0) is 49.7 Å². The number of aromatic nitrogens is 1. The lowest BCUT2D eigenvalue weighted by molar-refractivity contribution is -0.131. The number of sulfone groups is 1. The highest BCUT2D eigenvalue weighted by atomic mass is 35.5. The van der Waals surface area contributed by atoms with Crippen molar-refractivity contribution >= 4 is 33.2 Å². The monoisotopic (exact) mass is 487 g/mol. The van der Waals surface area contributed by atoms with Gasteiger partial charge in [0.05, 0.1) is 4.90 Å². The number of anilines is 1. The average Bonchev–Trinajstić information content (AvgIpc) is 3.26. The number of hydrogen-bond acceptors (Lipinski definition) is 6. The molecule has 1 aliphatic heterocycles. The van der Waals surface area contributed by atoms with Crippen LogP contribution >= 0.6 is 11.6 Å². The van der Waals surface area contributed by atoms with Gasteiger partial charge in [-0.15, -0.1) is 0 Å². The van der Waals surface area contributed by atoms with Gasteiger partial charge in [0, 0.05) is 43.2 Å². The topological polar surface area (TPSA) is 83.7 Å². The molecule has 1 aliphatic rings. The van der Waals surface area contributed by atoms with Crippen LogP contribution in [-0.4, -0.2) is 50.4 Å². The molecule has 1 saturated heterocycles. The summed E-state index contributed by atoms with van der Waals surface area (Å²) in [6.45, 7) is 5.87. The van der Waals surface area contributed by atoms with E-state index in [2.05, 4.69) is 4.98 Å². The van der Waals surface area contributed by atoms with Crippen LogP contribution < -0.4 is 4.90 Å². The Morgan fingerprint density at radius 1 is 1.03 bits per heavy atom. The van der Waals surface area contributed by atoms with Gasteiger partial charge in [-0.25, -0.2) is 8.42 Å². The number of benzene rings is 2. The summed E-state index contributed by atoms with van der Waals surface area (Å²) >= 11 is 5.95. The second-order valence-corrected chi connectivity index (χ2v) is 10.4. The third kappa shape index (κ3) is 4.91. The van der Waals surface area contributed by atoms with Gasteiger partial charge in [-0.3, -0.25) is 4.79 Å².